The Balaban J connectivity index is 2.30. The Hall–Kier alpha value is -2.12. The first kappa shape index (κ1) is 16.3. The van der Waals surface area contributed by atoms with Gasteiger partial charge in [0.15, 0.2) is 5.11 Å². The van der Waals surface area contributed by atoms with E-state index in [-0.39, 0.29) is 10.8 Å². The van der Waals surface area contributed by atoms with Crippen LogP contribution in [-0.4, -0.2) is 20.8 Å². The molecule has 1 heterocycles. The average molecular weight is 338 g/mol. The second kappa shape index (κ2) is 6.33. The van der Waals surface area contributed by atoms with Crippen molar-refractivity contribution in [2.45, 2.75) is 13.8 Å². The number of halogens is 1. The maximum Gasteiger partial charge on any atom is 0.289 e. The lowest BCUT2D eigenvalue weighted by Gasteiger charge is -2.23. The number of aromatic nitrogens is 2. The van der Waals surface area contributed by atoms with Gasteiger partial charge in [-0.15, -0.1) is 0 Å². The SMILES string of the molecule is Cc1ccc(N(NC(=O)c2c(Cl)c(C)nn2C)C(N)=S)cc1. The Kier molecular flexibility index (Phi) is 4.68. The number of hydrazine groups is 1. The van der Waals surface area contributed by atoms with Gasteiger partial charge in [0.25, 0.3) is 5.91 Å². The van der Waals surface area contributed by atoms with E-state index in [4.69, 9.17) is 29.6 Å². The van der Waals surface area contributed by atoms with Crippen LogP contribution in [0.1, 0.15) is 21.7 Å². The predicted octanol–water partition coefficient (Wildman–Crippen LogP) is 2.09. The van der Waals surface area contributed by atoms with E-state index in [0.29, 0.717) is 16.4 Å². The monoisotopic (exact) mass is 337 g/mol. The van der Waals surface area contributed by atoms with Crippen molar-refractivity contribution in [1.29, 1.82) is 0 Å². The molecular weight excluding hydrogens is 322 g/mol. The first-order chi connectivity index (χ1) is 10.3. The van der Waals surface area contributed by atoms with Gasteiger partial charge in [-0.3, -0.25) is 14.9 Å². The predicted molar refractivity (Wildman–Crippen MR) is 90.9 cm³/mol. The summed E-state index contributed by atoms with van der Waals surface area (Å²) in [5.74, 6) is -0.443. The van der Waals surface area contributed by atoms with Crippen molar-refractivity contribution >= 4 is 40.5 Å². The molecule has 0 radical (unpaired) electrons. The number of nitrogens with two attached hydrogens (primary N) is 1. The fourth-order valence-electron chi connectivity index (χ4n) is 1.97. The summed E-state index contributed by atoms with van der Waals surface area (Å²) in [4.78, 5) is 12.4. The van der Waals surface area contributed by atoms with Crippen LogP contribution in [0.4, 0.5) is 5.69 Å². The maximum absolute atomic E-state index is 12.4. The molecule has 0 spiro atoms. The van der Waals surface area contributed by atoms with E-state index in [0.717, 1.165) is 5.56 Å². The molecule has 0 aliphatic carbocycles. The minimum atomic E-state index is -0.443. The number of carbonyl (C=O) groups excluding carboxylic acids is 1. The summed E-state index contributed by atoms with van der Waals surface area (Å²) in [6.07, 6.45) is 0. The molecule has 0 aliphatic rings. The van der Waals surface area contributed by atoms with E-state index in [9.17, 15) is 4.79 Å². The molecule has 22 heavy (non-hydrogen) atoms. The van der Waals surface area contributed by atoms with Crippen LogP contribution in [0.25, 0.3) is 0 Å². The fourth-order valence-corrected chi connectivity index (χ4v) is 2.37. The minimum Gasteiger partial charge on any atom is -0.374 e. The van der Waals surface area contributed by atoms with Crippen LogP contribution >= 0.6 is 23.8 Å². The highest BCUT2D eigenvalue weighted by Crippen LogP contribution is 2.20. The molecule has 0 saturated heterocycles. The van der Waals surface area contributed by atoms with Crippen LogP contribution in [0.15, 0.2) is 24.3 Å². The number of amides is 1. The minimum absolute atomic E-state index is 0.0206. The second-order valence-corrected chi connectivity index (χ2v) is 5.62. The number of nitrogens with zero attached hydrogens (tertiary/aromatic N) is 3. The lowest BCUT2D eigenvalue weighted by Crippen LogP contribution is -2.49. The molecule has 2 aromatic rings. The quantitative estimate of drug-likeness (QED) is 0.648. The third kappa shape index (κ3) is 3.20. The zero-order valence-electron chi connectivity index (χ0n) is 12.4. The summed E-state index contributed by atoms with van der Waals surface area (Å²) in [5.41, 5.74) is 10.9. The van der Waals surface area contributed by atoms with E-state index >= 15 is 0 Å². The highest BCUT2D eigenvalue weighted by molar-refractivity contribution is 7.80. The zero-order chi connectivity index (χ0) is 16.4. The molecule has 0 unspecified atom stereocenters. The van der Waals surface area contributed by atoms with E-state index in [1.165, 1.54) is 9.69 Å². The van der Waals surface area contributed by atoms with Crippen molar-refractivity contribution in [2.75, 3.05) is 5.01 Å². The smallest absolute Gasteiger partial charge is 0.289 e. The molecule has 3 N–H and O–H groups in total. The standard InChI is InChI=1S/C14H16ClN5OS/c1-8-4-6-10(7-5-8)20(14(16)22)18-13(21)12-11(15)9(2)17-19(12)3/h4-7H,1-3H3,(H2,16,22)(H,18,21). The van der Waals surface area contributed by atoms with Crippen molar-refractivity contribution in [1.82, 2.24) is 15.2 Å². The molecule has 1 amide bonds. The number of carbonyl (C=O) groups is 1. The number of nitrogens with one attached hydrogen (secondary N) is 1. The van der Waals surface area contributed by atoms with E-state index in [2.05, 4.69) is 10.5 Å². The Morgan fingerprint density at radius 3 is 2.41 bits per heavy atom. The lowest BCUT2D eigenvalue weighted by molar-refractivity contribution is 0.0946. The number of rotatable bonds is 2. The molecule has 6 nitrogen and oxygen atoms in total. The van der Waals surface area contributed by atoms with Gasteiger partial charge in [0.1, 0.15) is 5.69 Å². The van der Waals surface area contributed by atoms with Crippen LogP contribution < -0.4 is 16.2 Å². The van der Waals surface area contributed by atoms with Crippen LogP contribution in [0.5, 0.6) is 0 Å². The summed E-state index contributed by atoms with van der Waals surface area (Å²) in [7, 11) is 1.64. The highest BCUT2D eigenvalue weighted by atomic mass is 35.5. The van der Waals surface area contributed by atoms with Gasteiger partial charge >= 0.3 is 0 Å². The topological polar surface area (TPSA) is 76.2 Å². The molecule has 8 heteroatoms. The maximum atomic E-state index is 12.4. The summed E-state index contributed by atoms with van der Waals surface area (Å²) in [6, 6.07) is 7.41. The number of hydrogen-bond acceptors (Lipinski definition) is 3. The second-order valence-electron chi connectivity index (χ2n) is 4.82. The average Bonchev–Trinajstić information content (AvgIpc) is 2.70. The largest absolute Gasteiger partial charge is 0.374 e. The Morgan fingerprint density at radius 1 is 1.36 bits per heavy atom. The third-order valence-electron chi connectivity index (χ3n) is 3.09. The zero-order valence-corrected chi connectivity index (χ0v) is 14.0. The van der Waals surface area contributed by atoms with Gasteiger partial charge < -0.3 is 5.73 Å². The number of aryl methyl sites for hydroxylation is 3. The number of anilines is 1. The molecule has 2 rings (SSSR count). The van der Waals surface area contributed by atoms with Crippen LogP contribution in [0.3, 0.4) is 0 Å². The van der Waals surface area contributed by atoms with Crippen molar-refractivity contribution in [3.05, 3.63) is 46.2 Å². The molecule has 116 valence electrons. The van der Waals surface area contributed by atoms with Gasteiger partial charge in [-0.25, -0.2) is 5.01 Å². The van der Waals surface area contributed by atoms with Crippen LogP contribution in [0, 0.1) is 13.8 Å². The van der Waals surface area contributed by atoms with Gasteiger partial charge in [0.2, 0.25) is 0 Å². The van der Waals surface area contributed by atoms with Crippen molar-refractivity contribution in [2.24, 2.45) is 12.8 Å². The Morgan fingerprint density at radius 2 is 1.95 bits per heavy atom. The summed E-state index contributed by atoms with van der Waals surface area (Å²) in [5, 5.41) is 5.76. The fraction of sp³-hybridized carbons (Fsp3) is 0.214. The van der Waals surface area contributed by atoms with Gasteiger partial charge in [-0.05, 0) is 38.2 Å². The van der Waals surface area contributed by atoms with Gasteiger partial charge in [-0.1, -0.05) is 29.3 Å². The number of hydrogen-bond donors (Lipinski definition) is 2. The molecule has 1 aromatic carbocycles. The molecule has 0 aliphatic heterocycles. The summed E-state index contributed by atoms with van der Waals surface area (Å²) >= 11 is 11.1. The lowest BCUT2D eigenvalue weighted by atomic mass is 10.2. The highest BCUT2D eigenvalue weighted by Gasteiger charge is 2.22. The molecule has 0 bridgehead atoms. The van der Waals surface area contributed by atoms with Crippen molar-refractivity contribution in [3.8, 4) is 0 Å². The molecule has 0 saturated carbocycles. The van der Waals surface area contributed by atoms with Crippen LogP contribution in [0.2, 0.25) is 5.02 Å². The first-order valence-electron chi connectivity index (χ1n) is 6.47. The molecule has 0 atom stereocenters. The molecule has 1 aromatic heterocycles. The van der Waals surface area contributed by atoms with Crippen molar-refractivity contribution < 1.29 is 4.79 Å². The normalized spacial score (nSPS) is 10.4. The van der Waals surface area contributed by atoms with Gasteiger partial charge in [-0.2, -0.15) is 5.10 Å². The van der Waals surface area contributed by atoms with Crippen LogP contribution in [-0.2, 0) is 7.05 Å². The number of thiocarbonyl (C=S) groups is 1. The van der Waals surface area contributed by atoms with E-state index < -0.39 is 5.91 Å². The van der Waals surface area contributed by atoms with Crippen molar-refractivity contribution in [3.63, 3.8) is 0 Å². The van der Waals surface area contributed by atoms with E-state index in [1.807, 2.05) is 31.2 Å². The molecule has 0 fully saturated rings. The third-order valence-corrected chi connectivity index (χ3v) is 3.73. The first-order valence-corrected chi connectivity index (χ1v) is 7.26. The van der Waals surface area contributed by atoms with Gasteiger partial charge in [0, 0.05) is 7.05 Å². The van der Waals surface area contributed by atoms with Gasteiger partial charge in [0.05, 0.1) is 16.4 Å². The summed E-state index contributed by atoms with van der Waals surface area (Å²) in [6.45, 7) is 3.69. The van der Waals surface area contributed by atoms with E-state index in [1.54, 1.807) is 14.0 Å². The molecular formula is C14H16ClN5OS. The summed E-state index contributed by atoms with van der Waals surface area (Å²) < 4.78 is 1.42. The number of benzene rings is 1. The Labute approximate surface area is 138 Å². The Bertz CT molecular complexity index is 726.